The molecule has 2 N–H and O–H groups in total. The van der Waals surface area contributed by atoms with Crippen molar-refractivity contribution in [2.75, 3.05) is 6.54 Å². The molecule has 0 saturated carbocycles. The van der Waals surface area contributed by atoms with Crippen molar-refractivity contribution < 1.29 is 5.11 Å². The molecule has 5 nitrogen and oxygen atoms in total. The second kappa shape index (κ2) is 6.85. The predicted octanol–water partition coefficient (Wildman–Crippen LogP) is 2.57. The molecule has 1 aromatic carbocycles. The van der Waals surface area contributed by atoms with Gasteiger partial charge in [-0.25, -0.2) is 4.98 Å². The van der Waals surface area contributed by atoms with Gasteiger partial charge in [0.2, 0.25) is 0 Å². The molecule has 1 unspecified atom stereocenters. The third-order valence-corrected chi connectivity index (χ3v) is 3.65. The highest BCUT2D eigenvalue weighted by molar-refractivity contribution is 9.10. The van der Waals surface area contributed by atoms with Gasteiger partial charge in [0.25, 0.3) is 0 Å². The number of nitrogens with one attached hydrogen (secondary N) is 1. The van der Waals surface area contributed by atoms with Gasteiger partial charge in [0, 0.05) is 36.1 Å². The van der Waals surface area contributed by atoms with E-state index in [4.69, 9.17) is 0 Å². The van der Waals surface area contributed by atoms with Gasteiger partial charge in [0.15, 0.2) is 5.82 Å². The molecule has 1 atom stereocenters. The molecule has 0 fully saturated rings. The lowest BCUT2D eigenvalue weighted by Crippen LogP contribution is -2.23. The first-order valence-corrected chi connectivity index (χ1v) is 7.45. The SMILES string of the molecule is CCC(NCCc1ncn(C)n1)c1cc(Br)ccc1O. The first-order chi connectivity index (χ1) is 9.60. The van der Waals surface area contributed by atoms with Crippen LogP contribution >= 0.6 is 15.9 Å². The Balaban J connectivity index is 1.96. The molecule has 0 radical (unpaired) electrons. The molecule has 0 aliphatic rings. The minimum absolute atomic E-state index is 0.121. The molecule has 6 heteroatoms. The number of aromatic nitrogens is 3. The van der Waals surface area contributed by atoms with E-state index < -0.39 is 0 Å². The number of hydrogen-bond acceptors (Lipinski definition) is 4. The first-order valence-electron chi connectivity index (χ1n) is 6.66. The molecule has 0 spiro atoms. The lowest BCUT2D eigenvalue weighted by atomic mass is 10.0. The van der Waals surface area contributed by atoms with Crippen LogP contribution in [0.2, 0.25) is 0 Å². The second-order valence-corrected chi connectivity index (χ2v) is 5.62. The summed E-state index contributed by atoms with van der Waals surface area (Å²) in [6, 6.07) is 5.62. The van der Waals surface area contributed by atoms with Crippen LogP contribution in [0.1, 0.15) is 30.8 Å². The Labute approximate surface area is 127 Å². The van der Waals surface area contributed by atoms with E-state index in [1.807, 2.05) is 19.2 Å². The van der Waals surface area contributed by atoms with Crippen LogP contribution in [0.3, 0.4) is 0 Å². The third-order valence-electron chi connectivity index (χ3n) is 3.16. The van der Waals surface area contributed by atoms with Crippen molar-refractivity contribution in [3.05, 3.63) is 40.4 Å². The standard InChI is InChI=1S/C14H19BrN4O/c1-3-12(11-8-10(15)4-5-13(11)20)16-7-6-14-17-9-19(2)18-14/h4-5,8-9,12,16,20H,3,6-7H2,1-2H3. The van der Waals surface area contributed by atoms with Crippen LogP contribution in [0.5, 0.6) is 5.75 Å². The Morgan fingerprint density at radius 3 is 2.90 bits per heavy atom. The number of hydrogen-bond donors (Lipinski definition) is 2. The van der Waals surface area contributed by atoms with Gasteiger partial charge in [-0.3, -0.25) is 4.68 Å². The zero-order valence-electron chi connectivity index (χ0n) is 11.7. The Morgan fingerprint density at radius 1 is 1.45 bits per heavy atom. The second-order valence-electron chi connectivity index (χ2n) is 4.70. The molecule has 0 saturated heterocycles. The highest BCUT2D eigenvalue weighted by atomic mass is 79.9. The maximum absolute atomic E-state index is 9.97. The van der Waals surface area contributed by atoms with E-state index in [2.05, 4.69) is 38.3 Å². The normalized spacial score (nSPS) is 12.6. The average Bonchev–Trinajstić information content (AvgIpc) is 2.84. The van der Waals surface area contributed by atoms with E-state index >= 15 is 0 Å². The van der Waals surface area contributed by atoms with Crippen molar-refractivity contribution in [3.63, 3.8) is 0 Å². The molecule has 0 amide bonds. The molecular formula is C14H19BrN4O. The van der Waals surface area contributed by atoms with Crippen molar-refractivity contribution in [2.24, 2.45) is 7.05 Å². The molecule has 0 bridgehead atoms. The summed E-state index contributed by atoms with van der Waals surface area (Å²) in [5.41, 5.74) is 0.913. The van der Waals surface area contributed by atoms with Crippen molar-refractivity contribution in [2.45, 2.75) is 25.8 Å². The van der Waals surface area contributed by atoms with Gasteiger partial charge in [-0.1, -0.05) is 22.9 Å². The first kappa shape index (κ1) is 15.0. The van der Waals surface area contributed by atoms with Gasteiger partial charge >= 0.3 is 0 Å². The van der Waals surface area contributed by atoms with E-state index in [9.17, 15) is 5.11 Å². The summed E-state index contributed by atoms with van der Waals surface area (Å²) < 4.78 is 2.67. The van der Waals surface area contributed by atoms with Crippen LogP contribution < -0.4 is 5.32 Å². The number of benzene rings is 1. The fourth-order valence-electron chi connectivity index (χ4n) is 2.14. The molecule has 0 aliphatic heterocycles. The van der Waals surface area contributed by atoms with Gasteiger partial charge in [0.1, 0.15) is 12.1 Å². The molecule has 1 aromatic heterocycles. The Bertz CT molecular complexity index is 570. The van der Waals surface area contributed by atoms with E-state index in [0.717, 1.165) is 35.2 Å². The van der Waals surface area contributed by atoms with Crippen molar-refractivity contribution in [1.29, 1.82) is 0 Å². The number of aromatic hydroxyl groups is 1. The van der Waals surface area contributed by atoms with Crippen LogP contribution in [0.4, 0.5) is 0 Å². The molecule has 1 heterocycles. The number of rotatable bonds is 6. The number of phenolic OH excluding ortho intramolecular Hbond substituents is 1. The maximum atomic E-state index is 9.97. The Morgan fingerprint density at radius 2 is 2.25 bits per heavy atom. The Kier molecular flexibility index (Phi) is 5.14. The van der Waals surface area contributed by atoms with Crippen LogP contribution in [-0.4, -0.2) is 26.4 Å². The molecule has 108 valence electrons. The van der Waals surface area contributed by atoms with Crippen LogP contribution in [0.25, 0.3) is 0 Å². The van der Waals surface area contributed by atoms with Gasteiger partial charge in [0.05, 0.1) is 0 Å². The fourth-order valence-corrected chi connectivity index (χ4v) is 2.51. The Hall–Kier alpha value is -1.40. The smallest absolute Gasteiger partial charge is 0.151 e. The summed E-state index contributed by atoms with van der Waals surface area (Å²) in [6.07, 6.45) is 3.37. The lowest BCUT2D eigenvalue weighted by Gasteiger charge is -2.18. The summed E-state index contributed by atoms with van der Waals surface area (Å²) in [5.74, 6) is 1.15. The summed E-state index contributed by atoms with van der Waals surface area (Å²) in [7, 11) is 1.86. The van der Waals surface area contributed by atoms with Gasteiger partial charge in [-0.2, -0.15) is 5.10 Å². The van der Waals surface area contributed by atoms with Gasteiger partial charge in [-0.05, 0) is 24.6 Å². The minimum Gasteiger partial charge on any atom is -0.508 e. The quantitative estimate of drug-likeness (QED) is 0.849. The fraction of sp³-hybridized carbons (Fsp3) is 0.429. The van der Waals surface area contributed by atoms with E-state index in [-0.39, 0.29) is 6.04 Å². The molecule has 0 aliphatic carbocycles. The predicted molar refractivity (Wildman–Crippen MR) is 81.5 cm³/mol. The van der Waals surface area contributed by atoms with Crippen LogP contribution in [0.15, 0.2) is 29.0 Å². The molecular weight excluding hydrogens is 320 g/mol. The monoisotopic (exact) mass is 338 g/mol. The van der Waals surface area contributed by atoms with Crippen molar-refractivity contribution >= 4 is 15.9 Å². The highest BCUT2D eigenvalue weighted by Crippen LogP contribution is 2.29. The topological polar surface area (TPSA) is 63.0 Å². The summed E-state index contributed by atoms with van der Waals surface area (Å²) in [6.45, 7) is 2.87. The van der Waals surface area contributed by atoms with Crippen molar-refractivity contribution in [1.82, 2.24) is 20.1 Å². The van der Waals surface area contributed by atoms with Gasteiger partial charge in [-0.15, -0.1) is 0 Å². The van der Waals surface area contributed by atoms with Gasteiger partial charge < -0.3 is 10.4 Å². The van der Waals surface area contributed by atoms with E-state index in [1.165, 1.54) is 0 Å². The number of nitrogens with zero attached hydrogens (tertiary/aromatic N) is 3. The highest BCUT2D eigenvalue weighted by Gasteiger charge is 2.13. The number of aryl methyl sites for hydroxylation is 1. The largest absolute Gasteiger partial charge is 0.508 e. The molecule has 2 aromatic rings. The van der Waals surface area contributed by atoms with E-state index in [0.29, 0.717) is 5.75 Å². The zero-order valence-corrected chi connectivity index (χ0v) is 13.3. The third kappa shape index (κ3) is 3.80. The lowest BCUT2D eigenvalue weighted by molar-refractivity contribution is 0.441. The average molecular weight is 339 g/mol. The minimum atomic E-state index is 0.121. The summed E-state index contributed by atoms with van der Waals surface area (Å²) in [5, 5.41) is 17.7. The number of phenols is 1. The maximum Gasteiger partial charge on any atom is 0.151 e. The molecule has 20 heavy (non-hydrogen) atoms. The van der Waals surface area contributed by atoms with E-state index in [1.54, 1.807) is 17.1 Å². The van der Waals surface area contributed by atoms with Crippen molar-refractivity contribution in [3.8, 4) is 5.75 Å². The van der Waals surface area contributed by atoms with Crippen LogP contribution in [-0.2, 0) is 13.5 Å². The molecule has 2 rings (SSSR count). The summed E-state index contributed by atoms with van der Waals surface area (Å²) in [4.78, 5) is 4.20. The summed E-state index contributed by atoms with van der Waals surface area (Å²) >= 11 is 3.44. The zero-order chi connectivity index (χ0) is 14.5. The number of halogens is 1. The van der Waals surface area contributed by atoms with Crippen LogP contribution in [0, 0.1) is 0 Å².